The fraction of sp³-hybridized carbons (Fsp3) is 0. The van der Waals surface area contributed by atoms with Gasteiger partial charge in [-0.3, -0.25) is 0 Å². The molecule has 1 rings (SSSR count). The molecule has 1 aromatic heterocycles. The first-order valence-electron chi connectivity index (χ1n) is 2.16. The van der Waals surface area contributed by atoms with E-state index in [1.807, 2.05) is 6.07 Å². The summed E-state index contributed by atoms with van der Waals surface area (Å²) in [6.45, 7) is 0. The van der Waals surface area contributed by atoms with Crippen molar-refractivity contribution in [1.82, 2.24) is 4.98 Å². The van der Waals surface area contributed by atoms with Gasteiger partial charge in [-0.2, -0.15) is 0 Å². The molecule has 0 unspecified atom stereocenters. The highest BCUT2D eigenvalue weighted by molar-refractivity contribution is 14.1. The first kappa shape index (κ1) is 7.75. The summed E-state index contributed by atoms with van der Waals surface area (Å²) in [6, 6.07) is 1.86. The van der Waals surface area contributed by atoms with Crippen molar-refractivity contribution in [3.63, 3.8) is 0 Å². The van der Waals surface area contributed by atoms with Gasteiger partial charge < -0.3 is 0 Å². The first-order valence-corrected chi connectivity index (χ1v) is 4.41. The van der Waals surface area contributed by atoms with Crippen LogP contribution >= 0.6 is 50.1 Å². The van der Waals surface area contributed by atoms with Crippen LogP contribution in [0.1, 0.15) is 0 Å². The molecular weight excluding hydrogens is 316 g/mol. The van der Waals surface area contributed by atoms with Crippen LogP contribution in [0.2, 0.25) is 5.02 Å². The normalized spacial score (nSPS) is 9.67. The second-order valence-electron chi connectivity index (χ2n) is 1.42. The van der Waals surface area contributed by atoms with Crippen molar-refractivity contribution >= 4 is 50.1 Å². The van der Waals surface area contributed by atoms with Crippen LogP contribution in [0.4, 0.5) is 0 Å². The van der Waals surface area contributed by atoms with Gasteiger partial charge in [0.05, 0.1) is 5.02 Å². The fourth-order valence-corrected chi connectivity index (χ4v) is 1.69. The molecule has 1 heterocycles. The zero-order valence-electron chi connectivity index (χ0n) is 4.24. The Kier molecular flexibility index (Phi) is 2.73. The Morgan fingerprint density at radius 3 is 2.78 bits per heavy atom. The number of hydrogen-bond acceptors (Lipinski definition) is 1. The minimum absolute atomic E-state index is 0.693. The van der Waals surface area contributed by atoms with E-state index in [2.05, 4.69) is 43.5 Å². The molecule has 0 saturated heterocycles. The molecule has 4 heteroatoms. The molecule has 0 fully saturated rings. The zero-order valence-corrected chi connectivity index (χ0v) is 8.74. The molecule has 1 aromatic rings. The molecule has 9 heavy (non-hydrogen) atoms. The lowest BCUT2D eigenvalue weighted by molar-refractivity contribution is 1.26. The molecule has 0 aromatic carbocycles. The van der Waals surface area contributed by atoms with E-state index in [4.69, 9.17) is 11.6 Å². The number of aromatic nitrogens is 1. The highest BCUT2D eigenvalue weighted by atomic mass is 127. The molecule has 0 aliphatic rings. The maximum atomic E-state index is 5.69. The van der Waals surface area contributed by atoms with E-state index in [0.717, 1.165) is 8.17 Å². The number of pyridine rings is 1. The zero-order chi connectivity index (χ0) is 6.85. The molecule has 0 aliphatic heterocycles. The van der Waals surface area contributed by atoms with Crippen LogP contribution in [0.15, 0.2) is 16.9 Å². The third-order valence-electron chi connectivity index (χ3n) is 0.775. The van der Waals surface area contributed by atoms with Crippen molar-refractivity contribution in [2.24, 2.45) is 0 Å². The van der Waals surface area contributed by atoms with Crippen molar-refractivity contribution < 1.29 is 0 Å². The lowest BCUT2D eigenvalue weighted by Crippen LogP contribution is -1.77. The summed E-state index contributed by atoms with van der Waals surface area (Å²) in [7, 11) is 0. The van der Waals surface area contributed by atoms with Crippen LogP contribution in [0.3, 0.4) is 0 Å². The summed E-state index contributed by atoms with van der Waals surface area (Å²) in [5, 5.41) is 0.693. The number of nitrogens with zero attached hydrogens (tertiary/aromatic N) is 1. The van der Waals surface area contributed by atoms with Crippen molar-refractivity contribution in [2.75, 3.05) is 0 Å². The van der Waals surface area contributed by atoms with Crippen LogP contribution in [0, 0.1) is 3.57 Å². The van der Waals surface area contributed by atoms with Gasteiger partial charge in [-0.25, -0.2) is 4.98 Å². The third kappa shape index (κ3) is 2.05. The largest absolute Gasteiger partial charge is 0.248 e. The number of rotatable bonds is 0. The van der Waals surface area contributed by atoms with E-state index >= 15 is 0 Å². The van der Waals surface area contributed by atoms with E-state index in [-0.39, 0.29) is 0 Å². The molecule has 48 valence electrons. The van der Waals surface area contributed by atoms with Gasteiger partial charge in [0, 0.05) is 9.77 Å². The Morgan fingerprint density at radius 2 is 2.33 bits per heavy atom. The summed E-state index contributed by atoms with van der Waals surface area (Å²) in [5.74, 6) is 0. The van der Waals surface area contributed by atoms with Crippen LogP contribution in [-0.4, -0.2) is 4.98 Å². The second-order valence-corrected chi connectivity index (χ2v) is 3.80. The maximum Gasteiger partial charge on any atom is 0.107 e. The Morgan fingerprint density at radius 1 is 1.67 bits per heavy atom. The average molecular weight is 318 g/mol. The molecule has 0 aliphatic carbocycles. The van der Waals surface area contributed by atoms with Crippen molar-refractivity contribution in [2.45, 2.75) is 0 Å². The van der Waals surface area contributed by atoms with Crippen molar-refractivity contribution in [1.29, 1.82) is 0 Å². The lowest BCUT2D eigenvalue weighted by atomic mass is 10.5. The predicted octanol–water partition coefficient (Wildman–Crippen LogP) is 3.10. The Hall–Kier alpha value is 0.650. The molecule has 0 atom stereocenters. The molecule has 0 N–H and O–H groups in total. The monoisotopic (exact) mass is 317 g/mol. The smallest absolute Gasteiger partial charge is 0.107 e. The van der Waals surface area contributed by atoms with Gasteiger partial charge in [0.25, 0.3) is 0 Å². The highest BCUT2D eigenvalue weighted by Crippen LogP contribution is 2.19. The number of halogens is 3. The van der Waals surface area contributed by atoms with Gasteiger partial charge in [0.1, 0.15) is 4.60 Å². The standard InChI is InChI=1S/C5H2BrClIN/c6-5-1-4(8)3(7)2-9-5/h1-2H. The SMILES string of the molecule is Clc1cnc(Br)cc1I. The lowest BCUT2D eigenvalue weighted by Gasteiger charge is -1.92. The van der Waals surface area contributed by atoms with Crippen LogP contribution in [-0.2, 0) is 0 Å². The highest BCUT2D eigenvalue weighted by Gasteiger charge is 1.95. The minimum Gasteiger partial charge on any atom is -0.248 e. The average Bonchev–Trinajstić information content (AvgIpc) is 1.80. The molecule has 1 nitrogen and oxygen atoms in total. The molecule has 0 saturated carbocycles. The van der Waals surface area contributed by atoms with E-state index in [1.165, 1.54) is 0 Å². The van der Waals surface area contributed by atoms with Gasteiger partial charge in [0.15, 0.2) is 0 Å². The Balaban J connectivity index is 3.17. The predicted molar refractivity (Wildman–Crippen MR) is 49.7 cm³/mol. The topological polar surface area (TPSA) is 12.9 Å². The summed E-state index contributed by atoms with van der Waals surface area (Å²) in [6.07, 6.45) is 1.62. The van der Waals surface area contributed by atoms with Crippen molar-refractivity contribution in [3.05, 3.63) is 25.5 Å². The van der Waals surface area contributed by atoms with E-state index in [1.54, 1.807) is 6.20 Å². The third-order valence-corrected chi connectivity index (χ3v) is 2.72. The van der Waals surface area contributed by atoms with Gasteiger partial charge in [0.2, 0.25) is 0 Å². The van der Waals surface area contributed by atoms with E-state index in [9.17, 15) is 0 Å². The van der Waals surface area contributed by atoms with Crippen molar-refractivity contribution in [3.8, 4) is 0 Å². The van der Waals surface area contributed by atoms with Crippen LogP contribution < -0.4 is 0 Å². The minimum atomic E-state index is 0.693. The summed E-state index contributed by atoms with van der Waals surface area (Å²) in [5.41, 5.74) is 0. The van der Waals surface area contributed by atoms with Crippen LogP contribution in [0.5, 0.6) is 0 Å². The van der Waals surface area contributed by atoms with Crippen LogP contribution in [0.25, 0.3) is 0 Å². The van der Waals surface area contributed by atoms with E-state index in [0.29, 0.717) is 5.02 Å². The van der Waals surface area contributed by atoms with Gasteiger partial charge >= 0.3 is 0 Å². The second kappa shape index (κ2) is 3.16. The molecule has 0 radical (unpaired) electrons. The summed E-state index contributed by atoms with van der Waals surface area (Å²) >= 11 is 11.1. The summed E-state index contributed by atoms with van der Waals surface area (Å²) in [4.78, 5) is 3.92. The fourth-order valence-electron chi connectivity index (χ4n) is 0.391. The molecule has 0 spiro atoms. The maximum absolute atomic E-state index is 5.69. The quantitative estimate of drug-likeness (QED) is 0.529. The van der Waals surface area contributed by atoms with Gasteiger partial charge in [-0.15, -0.1) is 0 Å². The van der Waals surface area contributed by atoms with Gasteiger partial charge in [-0.05, 0) is 44.6 Å². The Bertz CT molecular complexity index is 228. The Labute approximate surface area is 80.1 Å². The van der Waals surface area contributed by atoms with E-state index < -0.39 is 0 Å². The molecule has 0 amide bonds. The summed E-state index contributed by atoms with van der Waals surface area (Å²) < 4.78 is 1.83. The first-order chi connectivity index (χ1) is 4.20. The van der Waals surface area contributed by atoms with Gasteiger partial charge in [-0.1, -0.05) is 11.6 Å². The molecule has 0 bridgehead atoms. The molecular formula is C5H2BrClIN. The number of hydrogen-bond donors (Lipinski definition) is 0.